The normalized spacial score (nSPS) is 11.2. The van der Waals surface area contributed by atoms with Crippen LogP contribution in [0.4, 0.5) is 0 Å². The second kappa shape index (κ2) is 13.0. The number of unbranched alkanes of at least 4 members (excludes halogenated alkanes) is 1. The molecule has 0 aromatic heterocycles. The lowest BCUT2D eigenvalue weighted by Crippen LogP contribution is -2.35. The van der Waals surface area contributed by atoms with E-state index in [0.717, 1.165) is 25.6 Å². The Morgan fingerprint density at radius 3 is 2.25 bits per heavy atom. The van der Waals surface area contributed by atoms with Gasteiger partial charge in [-0.2, -0.15) is 0 Å². The lowest BCUT2D eigenvalue weighted by Gasteiger charge is -2.17. The van der Waals surface area contributed by atoms with Crippen molar-refractivity contribution in [2.24, 2.45) is 4.99 Å². The fraction of sp³-hybridized carbons (Fsp3) is 0.909. The third kappa shape index (κ3) is 9.21. The van der Waals surface area contributed by atoms with E-state index in [9.17, 15) is 0 Å². The van der Waals surface area contributed by atoms with Crippen LogP contribution >= 0.6 is 24.0 Å². The van der Waals surface area contributed by atoms with Crippen LogP contribution in [0.15, 0.2) is 4.99 Å². The Morgan fingerprint density at radius 1 is 1.19 bits per heavy atom. The van der Waals surface area contributed by atoms with E-state index in [1.807, 2.05) is 7.05 Å². The molecule has 0 radical (unpaired) electrons. The van der Waals surface area contributed by atoms with E-state index in [2.05, 4.69) is 34.4 Å². The third-order valence-electron chi connectivity index (χ3n) is 2.55. The van der Waals surface area contributed by atoms with Crippen LogP contribution in [0.5, 0.6) is 0 Å². The average Bonchev–Trinajstić information content (AvgIpc) is 2.29. The Hall–Kier alpha value is -0.0400. The lowest BCUT2D eigenvalue weighted by atomic mass is 10.3. The zero-order valence-electron chi connectivity index (χ0n) is 11.0. The molecule has 0 bridgehead atoms. The van der Waals surface area contributed by atoms with Crippen molar-refractivity contribution < 1.29 is 0 Å². The molecule has 0 aromatic rings. The van der Waals surface area contributed by atoms with Gasteiger partial charge < -0.3 is 15.5 Å². The summed E-state index contributed by atoms with van der Waals surface area (Å²) >= 11 is 0. The molecule has 2 N–H and O–H groups in total. The molecule has 0 unspecified atom stereocenters. The molecule has 0 saturated carbocycles. The quantitative estimate of drug-likeness (QED) is 0.319. The standard InChI is InChI=1S/C11H26N4.HI/c1-5-15(6-2)10-8-7-9-14-11(12-3)13-4;/h5-10H2,1-4H3,(H2,12,13,14);1H. The Bertz CT molecular complexity index is 169. The first-order valence-electron chi connectivity index (χ1n) is 5.89. The lowest BCUT2D eigenvalue weighted by molar-refractivity contribution is 0.297. The van der Waals surface area contributed by atoms with E-state index < -0.39 is 0 Å². The highest BCUT2D eigenvalue weighted by Gasteiger charge is 1.98. The van der Waals surface area contributed by atoms with Crippen LogP contribution in [0.3, 0.4) is 0 Å². The number of aliphatic imine (C=N–C) groups is 1. The number of hydrogen-bond acceptors (Lipinski definition) is 2. The van der Waals surface area contributed by atoms with Gasteiger partial charge in [0.15, 0.2) is 5.96 Å². The van der Waals surface area contributed by atoms with Gasteiger partial charge in [0, 0.05) is 20.6 Å². The first-order valence-corrected chi connectivity index (χ1v) is 5.89. The largest absolute Gasteiger partial charge is 0.359 e. The summed E-state index contributed by atoms with van der Waals surface area (Å²) in [5, 5.41) is 6.25. The monoisotopic (exact) mass is 342 g/mol. The zero-order valence-corrected chi connectivity index (χ0v) is 13.4. The van der Waals surface area contributed by atoms with Crippen LogP contribution in [0.25, 0.3) is 0 Å². The molecule has 4 nitrogen and oxygen atoms in total. The highest BCUT2D eigenvalue weighted by atomic mass is 127. The second-order valence-electron chi connectivity index (χ2n) is 3.48. The van der Waals surface area contributed by atoms with Gasteiger partial charge in [-0.1, -0.05) is 13.8 Å². The Kier molecular flexibility index (Phi) is 14.9. The van der Waals surface area contributed by atoms with Crippen molar-refractivity contribution in [2.75, 3.05) is 40.3 Å². The summed E-state index contributed by atoms with van der Waals surface area (Å²) in [6, 6.07) is 0. The summed E-state index contributed by atoms with van der Waals surface area (Å²) in [6.45, 7) is 8.93. The number of guanidine groups is 1. The van der Waals surface area contributed by atoms with Crippen LogP contribution in [0.1, 0.15) is 26.7 Å². The van der Waals surface area contributed by atoms with E-state index in [1.165, 1.54) is 19.4 Å². The van der Waals surface area contributed by atoms with E-state index >= 15 is 0 Å². The molecule has 0 rings (SSSR count). The van der Waals surface area contributed by atoms with Crippen LogP contribution in [-0.2, 0) is 0 Å². The molecule has 0 fully saturated rings. The Labute approximate surface area is 117 Å². The van der Waals surface area contributed by atoms with Crippen molar-refractivity contribution in [3.8, 4) is 0 Å². The Balaban J connectivity index is 0. The molecule has 98 valence electrons. The number of halogens is 1. The van der Waals surface area contributed by atoms with Gasteiger partial charge >= 0.3 is 0 Å². The summed E-state index contributed by atoms with van der Waals surface area (Å²) in [7, 11) is 3.67. The van der Waals surface area contributed by atoms with Crippen LogP contribution in [0.2, 0.25) is 0 Å². The van der Waals surface area contributed by atoms with E-state index in [4.69, 9.17) is 0 Å². The van der Waals surface area contributed by atoms with Crippen LogP contribution < -0.4 is 10.6 Å². The third-order valence-corrected chi connectivity index (χ3v) is 2.55. The van der Waals surface area contributed by atoms with Crippen LogP contribution in [0, 0.1) is 0 Å². The van der Waals surface area contributed by atoms with Gasteiger partial charge in [-0.05, 0) is 32.5 Å². The fourth-order valence-electron chi connectivity index (χ4n) is 1.49. The first-order chi connectivity index (χ1) is 7.28. The number of rotatable bonds is 7. The summed E-state index contributed by atoms with van der Waals surface area (Å²) in [6.07, 6.45) is 2.44. The Morgan fingerprint density at radius 2 is 1.81 bits per heavy atom. The number of nitrogens with one attached hydrogen (secondary N) is 2. The van der Waals surface area contributed by atoms with Gasteiger partial charge in [0.25, 0.3) is 0 Å². The summed E-state index contributed by atoms with van der Waals surface area (Å²) in [4.78, 5) is 6.51. The highest BCUT2D eigenvalue weighted by Crippen LogP contribution is 1.93. The van der Waals surface area contributed by atoms with Gasteiger partial charge in [0.2, 0.25) is 0 Å². The van der Waals surface area contributed by atoms with Gasteiger partial charge in [-0.25, -0.2) is 0 Å². The number of hydrogen-bond donors (Lipinski definition) is 2. The van der Waals surface area contributed by atoms with Crippen molar-refractivity contribution in [1.82, 2.24) is 15.5 Å². The highest BCUT2D eigenvalue weighted by molar-refractivity contribution is 14.0. The SMILES string of the molecule is CCN(CC)CCCCNC(=NC)NC.I. The molecule has 0 heterocycles. The molecule has 0 atom stereocenters. The summed E-state index contributed by atoms with van der Waals surface area (Å²) in [5.74, 6) is 0.873. The predicted molar refractivity (Wildman–Crippen MR) is 82.9 cm³/mol. The van der Waals surface area contributed by atoms with Crippen LogP contribution in [-0.4, -0.2) is 51.1 Å². The predicted octanol–water partition coefficient (Wildman–Crippen LogP) is 1.52. The van der Waals surface area contributed by atoms with Crippen molar-refractivity contribution >= 4 is 29.9 Å². The minimum atomic E-state index is 0. The maximum atomic E-state index is 4.06. The van der Waals surface area contributed by atoms with Gasteiger partial charge in [0.1, 0.15) is 0 Å². The number of nitrogens with zero attached hydrogens (tertiary/aromatic N) is 2. The fourth-order valence-corrected chi connectivity index (χ4v) is 1.49. The summed E-state index contributed by atoms with van der Waals surface area (Å²) < 4.78 is 0. The van der Waals surface area contributed by atoms with Crippen molar-refractivity contribution in [2.45, 2.75) is 26.7 Å². The molecule has 0 aliphatic heterocycles. The van der Waals surface area contributed by atoms with E-state index in [-0.39, 0.29) is 24.0 Å². The molecule has 0 spiro atoms. The molecule has 0 saturated heterocycles. The van der Waals surface area contributed by atoms with Gasteiger partial charge in [0.05, 0.1) is 0 Å². The molecular formula is C11H27IN4. The van der Waals surface area contributed by atoms with Crippen molar-refractivity contribution in [3.63, 3.8) is 0 Å². The van der Waals surface area contributed by atoms with E-state index in [0.29, 0.717) is 0 Å². The average molecular weight is 342 g/mol. The second-order valence-corrected chi connectivity index (χ2v) is 3.48. The smallest absolute Gasteiger partial charge is 0.190 e. The topological polar surface area (TPSA) is 39.7 Å². The molecule has 0 aromatic carbocycles. The van der Waals surface area contributed by atoms with Crippen molar-refractivity contribution in [3.05, 3.63) is 0 Å². The van der Waals surface area contributed by atoms with Gasteiger partial charge in [-0.15, -0.1) is 24.0 Å². The molecule has 0 amide bonds. The minimum absolute atomic E-state index is 0. The molecule has 0 aliphatic carbocycles. The minimum Gasteiger partial charge on any atom is -0.359 e. The molecular weight excluding hydrogens is 315 g/mol. The zero-order chi connectivity index (χ0) is 11.5. The first kappa shape index (κ1) is 18.3. The van der Waals surface area contributed by atoms with Gasteiger partial charge in [-0.3, -0.25) is 4.99 Å². The maximum absolute atomic E-state index is 4.06. The molecule has 0 aliphatic rings. The van der Waals surface area contributed by atoms with E-state index in [1.54, 1.807) is 7.05 Å². The molecule has 5 heteroatoms. The van der Waals surface area contributed by atoms with Crippen molar-refractivity contribution in [1.29, 1.82) is 0 Å². The maximum Gasteiger partial charge on any atom is 0.190 e. The summed E-state index contributed by atoms with van der Waals surface area (Å²) in [5.41, 5.74) is 0. The molecule has 16 heavy (non-hydrogen) atoms.